The lowest BCUT2D eigenvalue weighted by atomic mass is 10.3. The van der Waals surface area contributed by atoms with Gasteiger partial charge in [0.25, 0.3) is 5.95 Å². The van der Waals surface area contributed by atoms with E-state index in [-0.39, 0.29) is 0 Å². The standard InChI is InChI=1S/C15H32O3Si2/c1-9-11-12-14(17-19(3,4)5)13-15(16-10-2)18-20(6,7)8/h12-13H,9-11H2,1-8H3/b14-12+,15-13+. The Kier molecular flexibility index (Phi) is 8.27. The van der Waals surface area contributed by atoms with Crippen LogP contribution in [-0.4, -0.2) is 23.2 Å². The molecule has 0 aromatic rings. The van der Waals surface area contributed by atoms with Crippen molar-refractivity contribution in [2.24, 2.45) is 0 Å². The second-order valence-corrected chi connectivity index (χ2v) is 15.6. The Hall–Kier alpha value is -0.686. The maximum absolute atomic E-state index is 6.11. The predicted octanol–water partition coefficient (Wildman–Crippen LogP) is 5.25. The van der Waals surface area contributed by atoms with Gasteiger partial charge in [0.05, 0.1) is 12.7 Å². The van der Waals surface area contributed by atoms with Crippen LogP contribution < -0.4 is 0 Å². The maximum atomic E-state index is 6.11. The molecule has 0 aromatic carbocycles. The molecule has 0 heterocycles. The Morgan fingerprint density at radius 3 is 1.85 bits per heavy atom. The molecule has 0 aliphatic carbocycles. The number of rotatable bonds is 9. The van der Waals surface area contributed by atoms with E-state index in [1.807, 2.05) is 13.0 Å². The van der Waals surface area contributed by atoms with Gasteiger partial charge in [0.15, 0.2) is 0 Å². The van der Waals surface area contributed by atoms with Crippen LogP contribution in [-0.2, 0) is 13.6 Å². The van der Waals surface area contributed by atoms with Gasteiger partial charge in [-0.1, -0.05) is 13.3 Å². The summed E-state index contributed by atoms with van der Waals surface area (Å²) < 4.78 is 17.7. The molecule has 20 heavy (non-hydrogen) atoms. The average Bonchev–Trinajstić information content (AvgIpc) is 2.21. The van der Waals surface area contributed by atoms with Gasteiger partial charge in [-0.25, -0.2) is 0 Å². The summed E-state index contributed by atoms with van der Waals surface area (Å²) in [5.41, 5.74) is 0. The first-order valence-electron chi connectivity index (χ1n) is 7.50. The number of hydrogen-bond acceptors (Lipinski definition) is 3. The normalized spacial score (nSPS) is 14.2. The van der Waals surface area contributed by atoms with Crippen molar-refractivity contribution >= 4 is 16.6 Å². The largest absolute Gasteiger partial charge is 0.544 e. The van der Waals surface area contributed by atoms with Gasteiger partial charge in [-0.3, -0.25) is 0 Å². The molecule has 0 rings (SSSR count). The molecule has 3 nitrogen and oxygen atoms in total. The highest BCUT2D eigenvalue weighted by Gasteiger charge is 2.21. The van der Waals surface area contributed by atoms with Gasteiger partial charge in [0.2, 0.25) is 16.6 Å². The van der Waals surface area contributed by atoms with Crippen LogP contribution in [0.2, 0.25) is 39.3 Å². The van der Waals surface area contributed by atoms with Gasteiger partial charge in [-0.05, 0) is 58.7 Å². The molecule has 0 aliphatic rings. The van der Waals surface area contributed by atoms with E-state index in [9.17, 15) is 0 Å². The summed E-state index contributed by atoms with van der Waals surface area (Å²) in [6.07, 6.45) is 6.15. The van der Waals surface area contributed by atoms with Gasteiger partial charge in [-0.2, -0.15) is 0 Å². The van der Waals surface area contributed by atoms with E-state index in [4.69, 9.17) is 13.6 Å². The minimum atomic E-state index is -1.68. The number of allylic oxidation sites excluding steroid dienone is 2. The van der Waals surface area contributed by atoms with Gasteiger partial charge in [0, 0.05) is 0 Å². The Labute approximate surface area is 127 Å². The quantitative estimate of drug-likeness (QED) is 0.330. The van der Waals surface area contributed by atoms with Crippen LogP contribution in [0.15, 0.2) is 23.9 Å². The van der Waals surface area contributed by atoms with E-state index in [0.29, 0.717) is 12.6 Å². The molecule has 0 N–H and O–H groups in total. The minimum Gasteiger partial charge on any atom is -0.544 e. The van der Waals surface area contributed by atoms with E-state index in [0.717, 1.165) is 18.6 Å². The summed E-state index contributed by atoms with van der Waals surface area (Å²) in [5.74, 6) is 1.47. The van der Waals surface area contributed by atoms with Gasteiger partial charge < -0.3 is 13.6 Å². The van der Waals surface area contributed by atoms with E-state index in [1.165, 1.54) is 0 Å². The molecule has 0 radical (unpaired) electrons. The van der Waals surface area contributed by atoms with Gasteiger partial charge in [-0.15, -0.1) is 0 Å². The summed E-state index contributed by atoms with van der Waals surface area (Å²) in [6.45, 7) is 17.7. The van der Waals surface area contributed by atoms with Crippen molar-refractivity contribution in [2.75, 3.05) is 6.61 Å². The van der Waals surface area contributed by atoms with Crippen molar-refractivity contribution in [1.82, 2.24) is 0 Å². The molecule has 0 amide bonds. The molecule has 0 fully saturated rings. The molecule has 0 spiro atoms. The molecule has 0 aliphatic heterocycles. The van der Waals surface area contributed by atoms with Crippen molar-refractivity contribution in [2.45, 2.75) is 66.0 Å². The molecule has 5 heteroatoms. The van der Waals surface area contributed by atoms with Crippen molar-refractivity contribution in [1.29, 1.82) is 0 Å². The summed E-state index contributed by atoms with van der Waals surface area (Å²) in [4.78, 5) is 0. The first-order valence-corrected chi connectivity index (χ1v) is 14.3. The van der Waals surface area contributed by atoms with Crippen molar-refractivity contribution in [3.05, 3.63) is 23.9 Å². The average molecular weight is 317 g/mol. The number of hydrogen-bond donors (Lipinski definition) is 0. The predicted molar refractivity (Wildman–Crippen MR) is 91.6 cm³/mol. The maximum Gasteiger partial charge on any atom is 0.268 e. The highest BCUT2D eigenvalue weighted by Crippen LogP contribution is 2.18. The van der Waals surface area contributed by atoms with Gasteiger partial charge in [0.1, 0.15) is 5.76 Å². The molecule has 118 valence electrons. The summed E-state index contributed by atoms with van der Waals surface area (Å²) in [7, 11) is -3.31. The molecular weight excluding hydrogens is 284 g/mol. The zero-order chi connectivity index (χ0) is 15.8. The van der Waals surface area contributed by atoms with Crippen LogP contribution in [0.3, 0.4) is 0 Å². The zero-order valence-electron chi connectivity index (χ0n) is 14.5. The molecule has 0 aromatic heterocycles. The molecule has 0 saturated heterocycles. The third kappa shape index (κ3) is 11.2. The molecule has 0 bridgehead atoms. The minimum absolute atomic E-state index is 0.590. The number of unbranched alkanes of at least 4 members (excludes halogenated alkanes) is 1. The van der Waals surface area contributed by atoms with Crippen LogP contribution in [0.5, 0.6) is 0 Å². The SMILES string of the molecule is CCC/C=C(\C=C(/OCC)O[Si](C)(C)C)O[Si](C)(C)C. The lowest BCUT2D eigenvalue weighted by molar-refractivity contribution is 0.111. The van der Waals surface area contributed by atoms with Crippen molar-refractivity contribution in [3.63, 3.8) is 0 Å². The van der Waals surface area contributed by atoms with E-state index >= 15 is 0 Å². The van der Waals surface area contributed by atoms with Crippen LogP contribution >= 0.6 is 0 Å². The smallest absolute Gasteiger partial charge is 0.268 e. The highest BCUT2D eigenvalue weighted by molar-refractivity contribution is 6.70. The molecule has 0 atom stereocenters. The van der Waals surface area contributed by atoms with E-state index < -0.39 is 16.6 Å². The fourth-order valence-corrected chi connectivity index (χ4v) is 3.00. The fourth-order valence-electron chi connectivity index (χ4n) is 1.43. The Morgan fingerprint density at radius 1 is 0.900 bits per heavy atom. The van der Waals surface area contributed by atoms with Crippen LogP contribution in [0.25, 0.3) is 0 Å². The Bertz CT molecular complexity index is 336. The topological polar surface area (TPSA) is 27.7 Å². The molecule has 0 saturated carbocycles. The zero-order valence-corrected chi connectivity index (χ0v) is 16.5. The van der Waals surface area contributed by atoms with Crippen LogP contribution in [0.1, 0.15) is 26.7 Å². The number of ether oxygens (including phenoxy) is 1. The van der Waals surface area contributed by atoms with E-state index in [1.54, 1.807) is 0 Å². The first kappa shape index (κ1) is 19.3. The molecular formula is C15H32O3Si2. The Balaban J connectivity index is 5.14. The van der Waals surface area contributed by atoms with Crippen LogP contribution in [0, 0.1) is 0 Å². The fraction of sp³-hybridized carbons (Fsp3) is 0.733. The lowest BCUT2D eigenvalue weighted by Crippen LogP contribution is -2.27. The first-order chi connectivity index (χ1) is 9.07. The summed E-state index contributed by atoms with van der Waals surface area (Å²) >= 11 is 0. The van der Waals surface area contributed by atoms with Crippen LogP contribution in [0.4, 0.5) is 0 Å². The lowest BCUT2D eigenvalue weighted by Gasteiger charge is -2.24. The monoisotopic (exact) mass is 316 g/mol. The van der Waals surface area contributed by atoms with Crippen molar-refractivity contribution in [3.8, 4) is 0 Å². The second kappa shape index (κ2) is 8.57. The Morgan fingerprint density at radius 2 is 1.45 bits per heavy atom. The third-order valence-corrected chi connectivity index (χ3v) is 3.67. The highest BCUT2D eigenvalue weighted by atomic mass is 28.4. The summed E-state index contributed by atoms with van der Waals surface area (Å²) in [6, 6.07) is 0. The van der Waals surface area contributed by atoms with Crippen molar-refractivity contribution < 1.29 is 13.6 Å². The summed E-state index contributed by atoms with van der Waals surface area (Å²) in [5, 5.41) is 0. The second-order valence-electron chi connectivity index (χ2n) is 6.72. The third-order valence-electron chi connectivity index (χ3n) is 2.01. The van der Waals surface area contributed by atoms with E-state index in [2.05, 4.69) is 52.3 Å². The molecule has 0 unspecified atom stereocenters. The van der Waals surface area contributed by atoms with Gasteiger partial charge >= 0.3 is 0 Å².